The quantitative estimate of drug-likeness (QED) is 0.288. The third-order valence-electron chi connectivity index (χ3n) is 2.70. The summed E-state index contributed by atoms with van der Waals surface area (Å²) in [5, 5.41) is 11.1. The molecule has 0 heterocycles. The molecule has 23 heavy (non-hydrogen) atoms. The van der Waals surface area contributed by atoms with Crippen molar-refractivity contribution in [3.8, 4) is 0 Å². The lowest BCUT2D eigenvalue weighted by Crippen LogP contribution is -2.18. The van der Waals surface area contributed by atoms with Crippen LogP contribution in [0.2, 0.25) is 0 Å². The monoisotopic (exact) mass is 327 g/mol. The van der Waals surface area contributed by atoms with Crippen LogP contribution in [0, 0.1) is 10.1 Å². The molecule has 0 aromatic heterocycles. The van der Waals surface area contributed by atoms with E-state index >= 15 is 0 Å². The summed E-state index contributed by atoms with van der Waals surface area (Å²) in [5.74, 6) is -1.86. The van der Waals surface area contributed by atoms with E-state index in [9.17, 15) is 19.7 Å². The molecule has 0 fully saturated rings. The van der Waals surface area contributed by atoms with Crippen LogP contribution in [-0.2, 0) is 18.9 Å². The molecule has 0 amide bonds. The van der Waals surface area contributed by atoms with E-state index in [2.05, 4.69) is 0 Å². The predicted octanol–water partition coefficient (Wildman–Crippen LogP) is 1.20. The van der Waals surface area contributed by atoms with Gasteiger partial charge in [0, 0.05) is 20.3 Å². The van der Waals surface area contributed by atoms with Crippen LogP contribution in [0.3, 0.4) is 0 Å². The predicted molar refractivity (Wildman–Crippen MR) is 77.4 cm³/mol. The third kappa shape index (κ3) is 5.31. The molecular formula is C14H17NO8. The largest absolute Gasteiger partial charge is 0.460 e. The van der Waals surface area contributed by atoms with Gasteiger partial charge in [-0.15, -0.1) is 0 Å². The van der Waals surface area contributed by atoms with Crippen LogP contribution in [0.4, 0.5) is 5.69 Å². The van der Waals surface area contributed by atoms with Crippen LogP contribution < -0.4 is 0 Å². The molecule has 0 saturated heterocycles. The van der Waals surface area contributed by atoms with Crippen molar-refractivity contribution in [2.75, 3.05) is 40.6 Å². The smallest absolute Gasteiger partial charge is 0.346 e. The van der Waals surface area contributed by atoms with Gasteiger partial charge in [-0.3, -0.25) is 10.1 Å². The first-order chi connectivity index (χ1) is 11.0. The van der Waals surface area contributed by atoms with Gasteiger partial charge in [0.2, 0.25) is 0 Å². The van der Waals surface area contributed by atoms with Gasteiger partial charge in [0.15, 0.2) is 5.56 Å². The third-order valence-corrected chi connectivity index (χ3v) is 2.70. The Morgan fingerprint density at radius 1 is 1.00 bits per heavy atom. The minimum atomic E-state index is -0.993. The Morgan fingerprint density at radius 3 is 2.09 bits per heavy atom. The second-order valence-corrected chi connectivity index (χ2v) is 4.21. The first-order valence-electron chi connectivity index (χ1n) is 6.62. The van der Waals surface area contributed by atoms with Crippen molar-refractivity contribution in [1.82, 2.24) is 0 Å². The number of benzene rings is 1. The summed E-state index contributed by atoms with van der Waals surface area (Å²) in [6.45, 7) is 0.143. The Labute approximate surface area is 132 Å². The average molecular weight is 327 g/mol. The van der Waals surface area contributed by atoms with Crippen LogP contribution >= 0.6 is 0 Å². The van der Waals surface area contributed by atoms with Gasteiger partial charge in [-0.2, -0.15) is 0 Å². The summed E-state index contributed by atoms with van der Waals surface area (Å²) in [4.78, 5) is 34.4. The standard InChI is InChI=1S/C14H17NO8/c1-20-6-8-22-13(16)10-4-3-5-11(15(18)19)12(10)14(17)23-9-7-21-2/h3-5H,6-9H2,1-2H3. The van der Waals surface area contributed by atoms with Crippen molar-refractivity contribution in [2.24, 2.45) is 0 Å². The molecule has 9 heteroatoms. The van der Waals surface area contributed by atoms with E-state index in [1.807, 2.05) is 0 Å². The van der Waals surface area contributed by atoms with Gasteiger partial charge >= 0.3 is 11.9 Å². The summed E-state index contributed by atoms with van der Waals surface area (Å²) in [7, 11) is 2.84. The molecule has 0 bridgehead atoms. The highest BCUT2D eigenvalue weighted by atomic mass is 16.6. The second-order valence-electron chi connectivity index (χ2n) is 4.21. The van der Waals surface area contributed by atoms with Crippen LogP contribution in [0.25, 0.3) is 0 Å². The molecule has 0 saturated carbocycles. The number of nitro groups is 1. The molecule has 126 valence electrons. The Morgan fingerprint density at radius 2 is 1.57 bits per heavy atom. The highest BCUT2D eigenvalue weighted by Crippen LogP contribution is 2.24. The van der Waals surface area contributed by atoms with Crippen molar-refractivity contribution >= 4 is 17.6 Å². The SMILES string of the molecule is COCCOC(=O)c1cccc([N+](=O)[O-])c1C(=O)OCCOC. The first kappa shape index (κ1) is 18.5. The molecule has 1 rings (SSSR count). The molecule has 0 aliphatic heterocycles. The number of ether oxygens (including phenoxy) is 4. The topological polar surface area (TPSA) is 114 Å². The summed E-state index contributed by atoms with van der Waals surface area (Å²) in [6.07, 6.45) is 0. The zero-order valence-corrected chi connectivity index (χ0v) is 12.8. The number of esters is 2. The fourth-order valence-corrected chi connectivity index (χ4v) is 1.66. The molecule has 0 radical (unpaired) electrons. The minimum Gasteiger partial charge on any atom is -0.460 e. The number of rotatable bonds is 9. The zero-order chi connectivity index (χ0) is 17.2. The molecule has 1 aromatic carbocycles. The first-order valence-corrected chi connectivity index (χ1v) is 6.62. The molecule has 0 spiro atoms. The van der Waals surface area contributed by atoms with Gasteiger partial charge in [-0.1, -0.05) is 6.07 Å². The zero-order valence-electron chi connectivity index (χ0n) is 12.8. The molecule has 9 nitrogen and oxygen atoms in total. The molecule has 0 unspecified atom stereocenters. The molecular weight excluding hydrogens is 310 g/mol. The molecule has 1 aromatic rings. The fourth-order valence-electron chi connectivity index (χ4n) is 1.66. The number of methoxy groups -OCH3 is 2. The van der Waals surface area contributed by atoms with E-state index < -0.39 is 28.1 Å². The normalized spacial score (nSPS) is 10.2. The lowest BCUT2D eigenvalue weighted by molar-refractivity contribution is -0.385. The van der Waals surface area contributed by atoms with Crippen LogP contribution in [0.5, 0.6) is 0 Å². The number of nitrogens with zero attached hydrogens (tertiary/aromatic N) is 1. The number of carbonyl (C=O) groups excluding carboxylic acids is 2. The molecule has 0 aliphatic rings. The van der Waals surface area contributed by atoms with Gasteiger partial charge in [-0.05, 0) is 6.07 Å². The van der Waals surface area contributed by atoms with Gasteiger partial charge in [-0.25, -0.2) is 9.59 Å². The van der Waals surface area contributed by atoms with Gasteiger partial charge in [0.05, 0.1) is 23.7 Å². The van der Waals surface area contributed by atoms with Crippen molar-refractivity contribution in [3.05, 3.63) is 39.4 Å². The average Bonchev–Trinajstić information content (AvgIpc) is 2.54. The van der Waals surface area contributed by atoms with E-state index in [1.54, 1.807) is 0 Å². The van der Waals surface area contributed by atoms with E-state index in [-0.39, 0.29) is 32.0 Å². The van der Waals surface area contributed by atoms with Crippen molar-refractivity contribution in [2.45, 2.75) is 0 Å². The number of carbonyl (C=O) groups is 2. The molecule has 0 atom stereocenters. The number of nitro benzene ring substituents is 1. The second kappa shape index (κ2) is 9.49. The lowest BCUT2D eigenvalue weighted by Gasteiger charge is -2.10. The van der Waals surface area contributed by atoms with Crippen LogP contribution in [-0.4, -0.2) is 57.5 Å². The maximum Gasteiger partial charge on any atom is 0.346 e. The molecule has 0 aliphatic carbocycles. The van der Waals surface area contributed by atoms with Crippen LogP contribution in [0.15, 0.2) is 18.2 Å². The van der Waals surface area contributed by atoms with Crippen molar-refractivity contribution < 1.29 is 33.5 Å². The highest BCUT2D eigenvalue weighted by molar-refractivity contribution is 6.06. The number of hydrogen-bond donors (Lipinski definition) is 0. The molecule has 0 N–H and O–H groups in total. The Kier molecular flexibility index (Phi) is 7.64. The maximum atomic E-state index is 12.1. The summed E-state index contributed by atoms with van der Waals surface area (Å²) < 4.78 is 19.3. The summed E-state index contributed by atoms with van der Waals surface area (Å²) >= 11 is 0. The Bertz CT molecular complexity index is 572. The maximum absolute atomic E-state index is 12.1. The van der Waals surface area contributed by atoms with Gasteiger partial charge in [0.25, 0.3) is 5.69 Å². The van der Waals surface area contributed by atoms with E-state index in [4.69, 9.17) is 18.9 Å². The summed E-state index contributed by atoms with van der Waals surface area (Å²) in [6, 6.07) is 3.66. The lowest BCUT2D eigenvalue weighted by atomic mass is 10.1. The minimum absolute atomic E-state index is 0.0454. The van der Waals surface area contributed by atoms with E-state index in [0.717, 1.165) is 6.07 Å². The number of hydrogen-bond acceptors (Lipinski definition) is 8. The summed E-state index contributed by atoms with van der Waals surface area (Å²) in [5.41, 5.74) is -1.22. The Hall–Kier alpha value is -2.52. The van der Waals surface area contributed by atoms with E-state index in [0.29, 0.717) is 0 Å². The van der Waals surface area contributed by atoms with Crippen molar-refractivity contribution in [3.63, 3.8) is 0 Å². The Balaban J connectivity index is 3.09. The van der Waals surface area contributed by atoms with Crippen molar-refractivity contribution in [1.29, 1.82) is 0 Å². The highest BCUT2D eigenvalue weighted by Gasteiger charge is 2.29. The van der Waals surface area contributed by atoms with Crippen LogP contribution in [0.1, 0.15) is 20.7 Å². The van der Waals surface area contributed by atoms with Gasteiger partial charge < -0.3 is 18.9 Å². The fraction of sp³-hybridized carbons (Fsp3) is 0.429. The van der Waals surface area contributed by atoms with Gasteiger partial charge in [0.1, 0.15) is 13.2 Å². The van der Waals surface area contributed by atoms with E-state index in [1.165, 1.54) is 26.4 Å².